The number of fused-ring (bicyclic) bond motifs is 2. The number of hydrogen-bond acceptors (Lipinski definition) is 6. The summed E-state index contributed by atoms with van der Waals surface area (Å²) in [6.07, 6.45) is -6.12. The van der Waals surface area contributed by atoms with E-state index in [1.165, 1.54) is 29.7 Å². The standard InChI is InChI=1S/C19H16F6N2O3.C10H11NO2/c20-18(21,22)17(28,19(23,24)25)14-5-3-12(4-6-14)11-26-9-1-2-13-10-15(27(29)30)7-8-16(13)26;12-11(13)10-6-5-8-3-1-2-4-9(8)7-10/h3-8,10,28H,1-2,9,11H2;5-7H,1-4H2. The van der Waals surface area contributed by atoms with Crippen LogP contribution >= 0.6 is 0 Å². The van der Waals surface area contributed by atoms with E-state index < -0.39 is 28.4 Å². The van der Waals surface area contributed by atoms with Crippen molar-refractivity contribution in [3.8, 4) is 0 Å². The molecule has 1 aliphatic heterocycles. The molecule has 0 fully saturated rings. The predicted octanol–water partition coefficient (Wildman–Crippen LogP) is 7.33. The van der Waals surface area contributed by atoms with Gasteiger partial charge in [0.15, 0.2) is 0 Å². The number of halogens is 6. The van der Waals surface area contributed by atoms with Gasteiger partial charge in [-0.1, -0.05) is 30.3 Å². The second-order valence-electron chi connectivity index (χ2n) is 10.4. The molecule has 230 valence electrons. The number of benzene rings is 3. The van der Waals surface area contributed by atoms with Crippen LogP contribution < -0.4 is 4.90 Å². The molecule has 0 bridgehead atoms. The van der Waals surface area contributed by atoms with Crippen LogP contribution in [0.2, 0.25) is 0 Å². The van der Waals surface area contributed by atoms with Gasteiger partial charge < -0.3 is 10.0 Å². The molecule has 0 spiro atoms. The molecule has 1 aliphatic carbocycles. The van der Waals surface area contributed by atoms with E-state index in [0.29, 0.717) is 37.1 Å². The first kappa shape index (κ1) is 31.7. The summed E-state index contributed by atoms with van der Waals surface area (Å²) in [5, 5.41) is 30.9. The number of nitro groups is 2. The lowest BCUT2D eigenvalue weighted by Gasteiger charge is -2.33. The SMILES string of the molecule is O=[N+]([O-])c1ccc2c(c1)CCCC2.O=[N+]([O-])c1ccc2c(c1)CCCN2Cc1ccc(C(O)(C(F)(F)F)C(F)(F)F)cc1. The minimum absolute atomic E-state index is 0.0569. The molecule has 3 aromatic carbocycles. The van der Waals surface area contributed by atoms with Crippen molar-refractivity contribution in [3.63, 3.8) is 0 Å². The minimum Gasteiger partial charge on any atom is -0.369 e. The van der Waals surface area contributed by atoms with Crippen LogP contribution in [0.25, 0.3) is 0 Å². The summed E-state index contributed by atoms with van der Waals surface area (Å²) >= 11 is 0. The summed E-state index contributed by atoms with van der Waals surface area (Å²) in [4.78, 5) is 22.4. The van der Waals surface area contributed by atoms with E-state index in [1.807, 2.05) is 11.0 Å². The number of alkyl halides is 6. The molecule has 5 rings (SSSR count). The van der Waals surface area contributed by atoms with E-state index >= 15 is 0 Å². The molecule has 0 saturated heterocycles. The van der Waals surface area contributed by atoms with Gasteiger partial charge in [0, 0.05) is 48.6 Å². The highest BCUT2D eigenvalue weighted by Gasteiger charge is 2.71. The van der Waals surface area contributed by atoms with E-state index in [9.17, 15) is 51.7 Å². The monoisotopic (exact) mass is 611 g/mol. The van der Waals surface area contributed by atoms with E-state index in [4.69, 9.17) is 0 Å². The number of rotatable bonds is 5. The van der Waals surface area contributed by atoms with Gasteiger partial charge in [-0.25, -0.2) is 0 Å². The fourth-order valence-corrected chi connectivity index (χ4v) is 5.33. The summed E-state index contributed by atoms with van der Waals surface area (Å²) in [6.45, 7) is 0.753. The molecule has 0 radical (unpaired) electrons. The third-order valence-corrected chi connectivity index (χ3v) is 7.60. The maximum atomic E-state index is 13.0. The maximum Gasteiger partial charge on any atom is 0.430 e. The number of nitrogens with zero attached hydrogens (tertiary/aromatic N) is 3. The highest BCUT2D eigenvalue weighted by Crippen LogP contribution is 2.50. The largest absolute Gasteiger partial charge is 0.430 e. The quantitative estimate of drug-likeness (QED) is 0.184. The number of non-ortho nitro benzene ring substituents is 2. The summed E-state index contributed by atoms with van der Waals surface area (Å²) in [5.41, 5.74) is -1.77. The molecule has 0 amide bonds. The number of anilines is 1. The Morgan fingerprint density at radius 1 is 0.698 bits per heavy atom. The van der Waals surface area contributed by atoms with E-state index in [2.05, 4.69) is 0 Å². The summed E-state index contributed by atoms with van der Waals surface area (Å²) in [7, 11) is 0. The third kappa shape index (κ3) is 6.74. The molecule has 1 N–H and O–H groups in total. The topological polar surface area (TPSA) is 110 Å². The second-order valence-corrected chi connectivity index (χ2v) is 10.4. The Hall–Kier alpha value is -4.20. The van der Waals surface area contributed by atoms with Gasteiger partial charge in [-0.2, -0.15) is 26.3 Å². The molecular formula is C29H27F6N3O5. The van der Waals surface area contributed by atoms with Crippen LogP contribution in [0.3, 0.4) is 0 Å². The van der Waals surface area contributed by atoms with Gasteiger partial charge in [0.1, 0.15) is 0 Å². The van der Waals surface area contributed by atoms with Gasteiger partial charge in [0.25, 0.3) is 17.0 Å². The Bertz CT molecular complexity index is 1480. The van der Waals surface area contributed by atoms with Crippen molar-refractivity contribution in [1.29, 1.82) is 0 Å². The van der Waals surface area contributed by atoms with Crippen molar-refractivity contribution in [2.24, 2.45) is 0 Å². The van der Waals surface area contributed by atoms with Gasteiger partial charge in [-0.05, 0) is 66.8 Å². The highest BCUT2D eigenvalue weighted by atomic mass is 19.4. The van der Waals surface area contributed by atoms with Crippen LogP contribution in [-0.4, -0.2) is 33.9 Å². The van der Waals surface area contributed by atoms with Crippen molar-refractivity contribution in [2.45, 2.75) is 63.0 Å². The Morgan fingerprint density at radius 3 is 1.77 bits per heavy atom. The van der Waals surface area contributed by atoms with Crippen molar-refractivity contribution in [1.82, 2.24) is 0 Å². The lowest BCUT2D eigenvalue weighted by atomic mass is 9.91. The zero-order valence-corrected chi connectivity index (χ0v) is 22.6. The Morgan fingerprint density at radius 2 is 1.21 bits per heavy atom. The van der Waals surface area contributed by atoms with Gasteiger partial charge in [-0.3, -0.25) is 20.2 Å². The summed E-state index contributed by atoms with van der Waals surface area (Å²) in [6, 6.07) is 13.0. The van der Waals surface area contributed by atoms with Crippen molar-refractivity contribution in [2.75, 3.05) is 11.4 Å². The molecule has 1 heterocycles. The fraction of sp³-hybridized carbons (Fsp3) is 0.379. The second kappa shape index (κ2) is 12.2. The van der Waals surface area contributed by atoms with Gasteiger partial charge in [-0.15, -0.1) is 0 Å². The number of aryl methyl sites for hydroxylation is 3. The van der Waals surface area contributed by atoms with Crippen molar-refractivity contribution < 1.29 is 41.3 Å². The normalized spacial score (nSPS) is 15.1. The number of aliphatic hydroxyl groups is 1. The molecular weight excluding hydrogens is 584 g/mol. The van der Waals surface area contributed by atoms with Crippen LogP contribution in [0.15, 0.2) is 60.7 Å². The molecule has 43 heavy (non-hydrogen) atoms. The van der Waals surface area contributed by atoms with Crippen molar-refractivity contribution >= 4 is 17.1 Å². The molecule has 0 atom stereocenters. The Balaban J connectivity index is 0.000000269. The summed E-state index contributed by atoms with van der Waals surface area (Å²) < 4.78 is 77.9. The molecule has 3 aromatic rings. The smallest absolute Gasteiger partial charge is 0.369 e. The average molecular weight is 612 g/mol. The number of hydrogen-bond donors (Lipinski definition) is 1. The molecule has 8 nitrogen and oxygen atoms in total. The van der Waals surface area contributed by atoms with E-state index in [-0.39, 0.29) is 22.8 Å². The van der Waals surface area contributed by atoms with Gasteiger partial charge >= 0.3 is 12.4 Å². The maximum absolute atomic E-state index is 13.0. The molecule has 2 aliphatic rings. The van der Waals surface area contributed by atoms with Gasteiger partial charge in [0.05, 0.1) is 9.85 Å². The van der Waals surface area contributed by atoms with E-state index in [1.54, 1.807) is 18.2 Å². The van der Waals surface area contributed by atoms with Crippen LogP contribution in [-0.2, 0) is 31.4 Å². The molecule has 14 heteroatoms. The Kier molecular flexibility index (Phi) is 9.00. The zero-order chi connectivity index (χ0) is 31.6. The molecule has 0 saturated carbocycles. The first-order valence-electron chi connectivity index (χ1n) is 13.4. The summed E-state index contributed by atoms with van der Waals surface area (Å²) in [5.74, 6) is 0. The lowest BCUT2D eigenvalue weighted by molar-refractivity contribution is -0.385. The predicted molar refractivity (Wildman–Crippen MR) is 145 cm³/mol. The third-order valence-electron chi connectivity index (χ3n) is 7.60. The number of nitro benzene ring substituents is 2. The van der Waals surface area contributed by atoms with Crippen molar-refractivity contribution in [3.05, 3.63) is 109 Å². The fourth-order valence-electron chi connectivity index (χ4n) is 5.33. The Labute approximate surface area is 241 Å². The minimum atomic E-state index is -5.94. The molecule has 0 unspecified atom stereocenters. The van der Waals surface area contributed by atoms with Crippen LogP contribution in [0.1, 0.15) is 47.1 Å². The highest BCUT2D eigenvalue weighted by molar-refractivity contribution is 5.59. The van der Waals surface area contributed by atoms with E-state index in [0.717, 1.165) is 42.6 Å². The van der Waals surface area contributed by atoms with Crippen LogP contribution in [0.5, 0.6) is 0 Å². The molecule has 0 aromatic heterocycles. The zero-order valence-electron chi connectivity index (χ0n) is 22.6. The van der Waals surface area contributed by atoms with Gasteiger partial charge in [0.2, 0.25) is 0 Å². The first-order chi connectivity index (χ1) is 20.1. The van der Waals surface area contributed by atoms with Crippen LogP contribution in [0.4, 0.5) is 43.4 Å². The van der Waals surface area contributed by atoms with Crippen LogP contribution in [0, 0.1) is 20.2 Å². The first-order valence-corrected chi connectivity index (χ1v) is 13.4. The lowest BCUT2D eigenvalue weighted by Crippen LogP contribution is -2.53. The average Bonchev–Trinajstić information content (AvgIpc) is 2.96.